The molecule has 1 fully saturated rings. The van der Waals surface area contributed by atoms with Crippen molar-refractivity contribution >= 4 is 12.0 Å². The summed E-state index contributed by atoms with van der Waals surface area (Å²) in [4.78, 5) is 25.4. The first-order chi connectivity index (χ1) is 12.6. The molecule has 0 spiro atoms. The highest BCUT2D eigenvalue weighted by atomic mass is 16.6. The molecule has 0 radical (unpaired) electrons. The number of nitrogens with zero attached hydrogens (tertiary/aromatic N) is 2. The van der Waals surface area contributed by atoms with E-state index in [2.05, 4.69) is 5.32 Å². The second-order valence-corrected chi connectivity index (χ2v) is 5.79. The summed E-state index contributed by atoms with van der Waals surface area (Å²) in [6.45, 7) is 3.07. The summed E-state index contributed by atoms with van der Waals surface area (Å²) >= 11 is 0. The Balaban J connectivity index is 1.78. The maximum absolute atomic E-state index is 12.1. The van der Waals surface area contributed by atoms with Gasteiger partial charge in [0.2, 0.25) is 0 Å². The first-order valence-electron chi connectivity index (χ1n) is 8.49. The van der Waals surface area contributed by atoms with E-state index in [0.717, 1.165) is 0 Å². The number of piperidine rings is 1. The average molecular weight is 361 g/mol. The lowest BCUT2D eigenvalue weighted by molar-refractivity contribution is -0.124. The summed E-state index contributed by atoms with van der Waals surface area (Å²) in [6, 6.07) is 6.77. The highest BCUT2D eigenvalue weighted by molar-refractivity contribution is 5.78. The van der Waals surface area contributed by atoms with Crippen molar-refractivity contribution in [2.24, 2.45) is 0 Å². The van der Waals surface area contributed by atoms with E-state index in [9.17, 15) is 9.59 Å². The number of carbonyl (C=O) groups is 2. The first kappa shape index (κ1) is 19.4. The molecule has 1 saturated heterocycles. The number of benzene rings is 1. The van der Waals surface area contributed by atoms with Crippen LogP contribution in [0.3, 0.4) is 0 Å². The Morgan fingerprint density at radius 3 is 2.65 bits per heavy atom. The van der Waals surface area contributed by atoms with Gasteiger partial charge in [-0.1, -0.05) is 0 Å². The summed E-state index contributed by atoms with van der Waals surface area (Å²) in [5.41, 5.74) is 0.451. The molecule has 1 heterocycles. The van der Waals surface area contributed by atoms with Crippen LogP contribution in [0, 0.1) is 11.3 Å². The summed E-state index contributed by atoms with van der Waals surface area (Å²) in [5.74, 6) is 0.560. The van der Waals surface area contributed by atoms with Gasteiger partial charge in [-0.25, -0.2) is 4.79 Å². The number of hydrogen-bond acceptors (Lipinski definition) is 6. The molecule has 1 aliphatic rings. The zero-order valence-corrected chi connectivity index (χ0v) is 15.0. The molecule has 0 aromatic heterocycles. The molecule has 0 aliphatic carbocycles. The Morgan fingerprint density at radius 2 is 2.04 bits per heavy atom. The molecule has 2 rings (SSSR count). The van der Waals surface area contributed by atoms with E-state index in [0.29, 0.717) is 49.6 Å². The maximum atomic E-state index is 12.1. The molecule has 1 aromatic rings. The molecule has 8 nitrogen and oxygen atoms in total. The number of nitriles is 1. The molecular formula is C18H23N3O5. The van der Waals surface area contributed by atoms with E-state index < -0.39 is 0 Å². The number of nitrogens with one attached hydrogen (secondary N) is 1. The molecular weight excluding hydrogens is 338 g/mol. The van der Waals surface area contributed by atoms with Gasteiger partial charge in [0, 0.05) is 25.2 Å². The molecule has 0 bridgehead atoms. The van der Waals surface area contributed by atoms with Crippen molar-refractivity contribution in [2.75, 3.05) is 33.4 Å². The number of likely N-dealkylation sites (tertiary alicyclic amines) is 1. The van der Waals surface area contributed by atoms with Crippen molar-refractivity contribution in [3.63, 3.8) is 0 Å². The van der Waals surface area contributed by atoms with Crippen molar-refractivity contribution in [3.8, 4) is 17.6 Å². The van der Waals surface area contributed by atoms with Crippen LogP contribution in [0.1, 0.15) is 25.3 Å². The Bertz CT molecular complexity index is 678. The van der Waals surface area contributed by atoms with Gasteiger partial charge in [0.25, 0.3) is 5.91 Å². The van der Waals surface area contributed by atoms with E-state index >= 15 is 0 Å². The molecule has 0 unspecified atom stereocenters. The van der Waals surface area contributed by atoms with Crippen molar-refractivity contribution in [1.29, 1.82) is 5.26 Å². The molecule has 1 aromatic carbocycles. The van der Waals surface area contributed by atoms with E-state index in [1.807, 2.05) is 6.07 Å². The Hall–Kier alpha value is -2.95. The molecule has 140 valence electrons. The van der Waals surface area contributed by atoms with Crippen molar-refractivity contribution < 1.29 is 23.8 Å². The number of ether oxygens (including phenoxy) is 3. The predicted molar refractivity (Wildman–Crippen MR) is 93.0 cm³/mol. The Kier molecular flexibility index (Phi) is 7.09. The minimum absolute atomic E-state index is 0.000336. The first-order valence-corrected chi connectivity index (χ1v) is 8.49. The van der Waals surface area contributed by atoms with Crippen LogP contribution < -0.4 is 14.8 Å². The van der Waals surface area contributed by atoms with Gasteiger partial charge in [-0.3, -0.25) is 4.79 Å². The van der Waals surface area contributed by atoms with Gasteiger partial charge in [-0.05, 0) is 31.9 Å². The van der Waals surface area contributed by atoms with E-state index in [4.69, 9.17) is 19.5 Å². The fraction of sp³-hybridized carbons (Fsp3) is 0.500. The lowest BCUT2D eigenvalue weighted by Gasteiger charge is -2.31. The average Bonchev–Trinajstić information content (AvgIpc) is 2.67. The Morgan fingerprint density at radius 1 is 1.31 bits per heavy atom. The summed E-state index contributed by atoms with van der Waals surface area (Å²) in [5, 5.41) is 11.8. The highest BCUT2D eigenvalue weighted by Crippen LogP contribution is 2.27. The largest absolute Gasteiger partial charge is 0.493 e. The third-order valence-corrected chi connectivity index (χ3v) is 4.04. The van der Waals surface area contributed by atoms with Crippen LogP contribution in [-0.2, 0) is 9.53 Å². The number of hydrogen-bond donors (Lipinski definition) is 1. The van der Waals surface area contributed by atoms with Crippen LogP contribution in [0.25, 0.3) is 0 Å². The van der Waals surface area contributed by atoms with Crippen LogP contribution in [0.5, 0.6) is 11.5 Å². The quantitative estimate of drug-likeness (QED) is 0.827. The second kappa shape index (κ2) is 9.51. The molecule has 2 amide bonds. The molecule has 1 N–H and O–H groups in total. The zero-order chi connectivity index (χ0) is 18.9. The van der Waals surface area contributed by atoms with Gasteiger partial charge in [0.05, 0.1) is 25.3 Å². The molecule has 8 heteroatoms. The summed E-state index contributed by atoms with van der Waals surface area (Å²) < 4.78 is 15.6. The van der Waals surface area contributed by atoms with Crippen LogP contribution in [0.2, 0.25) is 0 Å². The smallest absolute Gasteiger partial charge is 0.409 e. The topological polar surface area (TPSA) is 101 Å². The van der Waals surface area contributed by atoms with Crippen LogP contribution >= 0.6 is 0 Å². The standard InChI is InChI=1S/C18H23N3O5/c1-3-25-18(23)21-8-6-14(7-9-21)20-17(22)12-26-15-5-4-13(11-19)10-16(15)24-2/h4-5,10,14H,3,6-9,12H2,1-2H3,(H,20,22). The number of rotatable bonds is 6. The zero-order valence-electron chi connectivity index (χ0n) is 15.0. The van der Waals surface area contributed by atoms with Crippen molar-refractivity contribution in [2.45, 2.75) is 25.8 Å². The van der Waals surface area contributed by atoms with Crippen LogP contribution in [0.15, 0.2) is 18.2 Å². The normalized spacial score (nSPS) is 14.3. The van der Waals surface area contributed by atoms with E-state index in [1.165, 1.54) is 7.11 Å². The summed E-state index contributed by atoms with van der Waals surface area (Å²) in [7, 11) is 1.47. The second-order valence-electron chi connectivity index (χ2n) is 5.79. The van der Waals surface area contributed by atoms with Gasteiger partial charge < -0.3 is 24.4 Å². The lowest BCUT2D eigenvalue weighted by atomic mass is 10.1. The van der Waals surface area contributed by atoms with Gasteiger partial charge in [0.1, 0.15) is 0 Å². The van der Waals surface area contributed by atoms with Gasteiger partial charge >= 0.3 is 6.09 Å². The monoisotopic (exact) mass is 361 g/mol. The third-order valence-electron chi connectivity index (χ3n) is 4.04. The van der Waals surface area contributed by atoms with Crippen molar-refractivity contribution in [1.82, 2.24) is 10.2 Å². The SMILES string of the molecule is CCOC(=O)N1CCC(NC(=O)COc2ccc(C#N)cc2OC)CC1. The molecule has 1 aliphatic heterocycles. The van der Waals surface area contributed by atoms with E-state index in [1.54, 1.807) is 30.0 Å². The predicted octanol–water partition coefficient (Wildman–Crippen LogP) is 1.68. The van der Waals surface area contributed by atoms with Crippen LogP contribution in [0.4, 0.5) is 4.79 Å². The summed E-state index contributed by atoms with van der Waals surface area (Å²) in [6.07, 6.45) is 1.03. The van der Waals surface area contributed by atoms with Crippen molar-refractivity contribution in [3.05, 3.63) is 23.8 Å². The number of methoxy groups -OCH3 is 1. The van der Waals surface area contributed by atoms with Crippen LogP contribution in [-0.4, -0.2) is 56.4 Å². The maximum Gasteiger partial charge on any atom is 0.409 e. The lowest BCUT2D eigenvalue weighted by Crippen LogP contribution is -2.47. The highest BCUT2D eigenvalue weighted by Gasteiger charge is 2.24. The fourth-order valence-electron chi connectivity index (χ4n) is 2.69. The molecule has 0 saturated carbocycles. The van der Waals surface area contributed by atoms with Gasteiger partial charge in [-0.2, -0.15) is 5.26 Å². The Labute approximate surface area is 152 Å². The minimum Gasteiger partial charge on any atom is -0.493 e. The van der Waals surface area contributed by atoms with Gasteiger partial charge in [-0.15, -0.1) is 0 Å². The minimum atomic E-state index is -0.312. The number of amides is 2. The molecule has 0 atom stereocenters. The van der Waals surface area contributed by atoms with E-state index in [-0.39, 0.29) is 24.6 Å². The third kappa shape index (κ3) is 5.28. The number of carbonyl (C=O) groups excluding carboxylic acids is 2. The fourth-order valence-corrected chi connectivity index (χ4v) is 2.69. The molecule has 26 heavy (non-hydrogen) atoms. The van der Waals surface area contributed by atoms with Gasteiger partial charge in [0.15, 0.2) is 18.1 Å².